The Labute approximate surface area is 133 Å². The largest absolute Gasteiger partial charge is 0.381 e. The molecular weight excluding hydrogens is 331 g/mol. The summed E-state index contributed by atoms with van der Waals surface area (Å²) in [6, 6.07) is 10.2. The van der Waals surface area contributed by atoms with Gasteiger partial charge in [-0.15, -0.1) is 0 Å². The Balaban J connectivity index is 2.21. The van der Waals surface area contributed by atoms with Crippen LogP contribution in [0.4, 0.5) is 5.69 Å². The molecule has 0 unspecified atom stereocenters. The van der Waals surface area contributed by atoms with Gasteiger partial charge in [0, 0.05) is 22.3 Å². The second kappa shape index (κ2) is 6.23. The molecule has 0 radical (unpaired) electrons. The average molecular weight is 345 g/mol. The van der Waals surface area contributed by atoms with Crippen LogP contribution in [0.2, 0.25) is 10.0 Å². The summed E-state index contributed by atoms with van der Waals surface area (Å²) in [6.07, 6.45) is 0. The number of primary sulfonamides is 1. The topological polar surface area (TPSA) is 72.2 Å². The monoisotopic (exact) mass is 344 g/mol. The summed E-state index contributed by atoms with van der Waals surface area (Å²) in [6.45, 7) is 2.16. The number of aryl methyl sites for hydroxylation is 1. The van der Waals surface area contributed by atoms with E-state index in [0.29, 0.717) is 27.8 Å². The Hall–Kier alpha value is -1.27. The summed E-state index contributed by atoms with van der Waals surface area (Å²) in [5.41, 5.74) is 2.15. The summed E-state index contributed by atoms with van der Waals surface area (Å²) in [7, 11) is -3.73. The van der Waals surface area contributed by atoms with E-state index >= 15 is 0 Å². The van der Waals surface area contributed by atoms with Crippen molar-refractivity contribution in [1.29, 1.82) is 0 Å². The van der Waals surface area contributed by atoms with Gasteiger partial charge in [0.15, 0.2) is 0 Å². The molecule has 7 heteroatoms. The fraction of sp³-hybridized carbons (Fsp3) is 0.143. The first-order valence-corrected chi connectivity index (χ1v) is 8.38. The second-order valence-electron chi connectivity index (χ2n) is 4.66. The van der Waals surface area contributed by atoms with Crippen LogP contribution in [0.15, 0.2) is 41.3 Å². The number of rotatable bonds is 4. The van der Waals surface area contributed by atoms with Crippen LogP contribution < -0.4 is 10.5 Å². The minimum atomic E-state index is -3.73. The third-order valence-electron chi connectivity index (χ3n) is 2.91. The molecule has 2 aromatic rings. The van der Waals surface area contributed by atoms with Gasteiger partial charge < -0.3 is 5.32 Å². The second-order valence-corrected chi connectivity index (χ2v) is 7.06. The minimum absolute atomic E-state index is 0.108. The first kappa shape index (κ1) is 16.1. The van der Waals surface area contributed by atoms with Crippen LogP contribution in [0.5, 0.6) is 0 Å². The van der Waals surface area contributed by atoms with Gasteiger partial charge in [-0.2, -0.15) is 0 Å². The molecule has 0 aromatic heterocycles. The summed E-state index contributed by atoms with van der Waals surface area (Å²) >= 11 is 11.9. The Bertz CT molecular complexity index is 756. The van der Waals surface area contributed by atoms with Crippen LogP contribution in [0.3, 0.4) is 0 Å². The van der Waals surface area contributed by atoms with E-state index in [4.69, 9.17) is 28.3 Å². The number of hydrogen-bond acceptors (Lipinski definition) is 3. The van der Waals surface area contributed by atoms with E-state index in [1.807, 2.05) is 0 Å². The summed E-state index contributed by atoms with van der Waals surface area (Å²) < 4.78 is 23.0. The number of sulfonamides is 1. The highest BCUT2D eigenvalue weighted by Gasteiger charge is 2.12. The van der Waals surface area contributed by atoms with E-state index in [9.17, 15) is 8.42 Å². The normalized spacial score (nSPS) is 11.4. The predicted octanol–water partition coefficient (Wildman–Crippen LogP) is 3.56. The highest BCUT2D eigenvalue weighted by molar-refractivity contribution is 7.89. The molecule has 2 aromatic carbocycles. The fourth-order valence-corrected chi connectivity index (χ4v) is 3.31. The van der Waals surface area contributed by atoms with Crippen molar-refractivity contribution < 1.29 is 8.42 Å². The molecule has 0 saturated carbocycles. The van der Waals surface area contributed by atoms with Gasteiger partial charge in [0.05, 0.1) is 4.90 Å². The van der Waals surface area contributed by atoms with Crippen molar-refractivity contribution in [2.75, 3.05) is 5.32 Å². The molecule has 4 nitrogen and oxygen atoms in total. The van der Waals surface area contributed by atoms with Crippen LogP contribution in [-0.2, 0) is 16.6 Å². The summed E-state index contributed by atoms with van der Waals surface area (Å²) in [5, 5.41) is 9.40. The number of benzene rings is 2. The van der Waals surface area contributed by atoms with Crippen LogP contribution in [-0.4, -0.2) is 8.42 Å². The fourth-order valence-electron chi connectivity index (χ4n) is 1.93. The van der Waals surface area contributed by atoms with Gasteiger partial charge in [0.25, 0.3) is 0 Å². The number of nitrogens with one attached hydrogen (secondary N) is 1. The van der Waals surface area contributed by atoms with E-state index in [1.54, 1.807) is 37.3 Å². The highest BCUT2D eigenvalue weighted by Crippen LogP contribution is 2.22. The Morgan fingerprint density at radius 2 is 1.71 bits per heavy atom. The molecule has 0 aliphatic carbocycles. The van der Waals surface area contributed by atoms with Gasteiger partial charge in [0.2, 0.25) is 10.0 Å². The van der Waals surface area contributed by atoms with Gasteiger partial charge in [-0.1, -0.05) is 29.3 Å². The maximum absolute atomic E-state index is 11.5. The Kier molecular flexibility index (Phi) is 4.78. The molecule has 0 fully saturated rings. The van der Waals surface area contributed by atoms with Crippen molar-refractivity contribution >= 4 is 38.9 Å². The number of anilines is 1. The first-order chi connectivity index (χ1) is 9.75. The van der Waals surface area contributed by atoms with E-state index in [-0.39, 0.29) is 4.90 Å². The summed E-state index contributed by atoms with van der Waals surface area (Å²) in [5.74, 6) is 0. The van der Waals surface area contributed by atoms with Crippen molar-refractivity contribution in [3.63, 3.8) is 0 Å². The zero-order valence-electron chi connectivity index (χ0n) is 11.2. The van der Waals surface area contributed by atoms with Crippen LogP contribution in [0.1, 0.15) is 11.1 Å². The molecule has 0 saturated heterocycles. The van der Waals surface area contributed by atoms with Crippen LogP contribution in [0, 0.1) is 6.92 Å². The molecular formula is C14H14Cl2N2O2S. The van der Waals surface area contributed by atoms with Gasteiger partial charge >= 0.3 is 0 Å². The quantitative estimate of drug-likeness (QED) is 0.890. The SMILES string of the molecule is Cc1ccc(NCc2cc(Cl)cc(Cl)c2)cc1S(N)(=O)=O. The molecule has 0 heterocycles. The highest BCUT2D eigenvalue weighted by atomic mass is 35.5. The van der Waals surface area contributed by atoms with Gasteiger partial charge in [-0.05, 0) is 48.4 Å². The molecule has 112 valence electrons. The Morgan fingerprint density at radius 1 is 1.10 bits per heavy atom. The molecule has 2 rings (SSSR count). The van der Waals surface area contributed by atoms with Crippen molar-refractivity contribution in [3.8, 4) is 0 Å². The van der Waals surface area contributed by atoms with Crippen molar-refractivity contribution in [2.24, 2.45) is 5.14 Å². The molecule has 0 amide bonds. The predicted molar refractivity (Wildman–Crippen MR) is 86.3 cm³/mol. The van der Waals surface area contributed by atoms with Crippen molar-refractivity contribution in [1.82, 2.24) is 0 Å². The number of nitrogens with two attached hydrogens (primary N) is 1. The lowest BCUT2D eigenvalue weighted by molar-refractivity contribution is 0.597. The third kappa shape index (κ3) is 4.35. The smallest absolute Gasteiger partial charge is 0.238 e. The van der Waals surface area contributed by atoms with E-state index in [0.717, 1.165) is 5.56 Å². The van der Waals surface area contributed by atoms with Gasteiger partial charge in [-0.25, -0.2) is 13.6 Å². The van der Waals surface area contributed by atoms with Gasteiger partial charge in [0.1, 0.15) is 0 Å². The summed E-state index contributed by atoms with van der Waals surface area (Å²) in [4.78, 5) is 0.108. The molecule has 3 N–H and O–H groups in total. The van der Waals surface area contributed by atoms with E-state index in [1.165, 1.54) is 6.07 Å². The molecule has 0 spiro atoms. The zero-order valence-corrected chi connectivity index (χ0v) is 13.6. The van der Waals surface area contributed by atoms with E-state index < -0.39 is 10.0 Å². The standard InChI is InChI=1S/C14H14Cl2N2O2S/c1-9-2-3-13(7-14(9)21(17,19)20)18-8-10-4-11(15)6-12(16)5-10/h2-7,18H,8H2,1H3,(H2,17,19,20). The van der Waals surface area contributed by atoms with Gasteiger partial charge in [-0.3, -0.25) is 0 Å². The molecule has 0 bridgehead atoms. The average Bonchev–Trinajstić information content (AvgIpc) is 2.35. The van der Waals surface area contributed by atoms with Crippen LogP contribution >= 0.6 is 23.2 Å². The number of hydrogen-bond donors (Lipinski definition) is 2. The maximum atomic E-state index is 11.5. The molecule has 0 aliphatic rings. The number of halogens is 2. The Morgan fingerprint density at radius 3 is 2.29 bits per heavy atom. The molecule has 0 aliphatic heterocycles. The minimum Gasteiger partial charge on any atom is -0.381 e. The lowest BCUT2D eigenvalue weighted by atomic mass is 10.2. The lowest BCUT2D eigenvalue weighted by Crippen LogP contribution is -2.14. The molecule has 21 heavy (non-hydrogen) atoms. The zero-order chi connectivity index (χ0) is 15.6. The maximum Gasteiger partial charge on any atom is 0.238 e. The first-order valence-electron chi connectivity index (χ1n) is 6.08. The lowest BCUT2D eigenvalue weighted by Gasteiger charge is -2.10. The third-order valence-corrected chi connectivity index (χ3v) is 4.40. The van der Waals surface area contributed by atoms with Crippen LogP contribution in [0.25, 0.3) is 0 Å². The van der Waals surface area contributed by atoms with E-state index in [2.05, 4.69) is 5.32 Å². The van der Waals surface area contributed by atoms with Crippen molar-refractivity contribution in [3.05, 3.63) is 57.6 Å². The molecule has 0 atom stereocenters. The van der Waals surface area contributed by atoms with Crippen molar-refractivity contribution in [2.45, 2.75) is 18.4 Å².